The van der Waals surface area contributed by atoms with Crippen molar-refractivity contribution >= 4 is 17.3 Å². The van der Waals surface area contributed by atoms with Crippen molar-refractivity contribution in [3.63, 3.8) is 0 Å². The van der Waals surface area contributed by atoms with Crippen LogP contribution in [0.1, 0.15) is 12.0 Å². The van der Waals surface area contributed by atoms with E-state index < -0.39 is 12.6 Å². The van der Waals surface area contributed by atoms with Gasteiger partial charge in [-0.15, -0.1) is 0 Å². The molecule has 6 heteroatoms. The fourth-order valence-electron chi connectivity index (χ4n) is 1.06. The fourth-order valence-corrected chi connectivity index (χ4v) is 1.29. The maximum Gasteiger partial charge on any atom is 0.390 e. The van der Waals surface area contributed by atoms with Crippen molar-refractivity contribution in [1.82, 2.24) is 0 Å². The average Bonchev–Trinajstić information content (AvgIpc) is 2.16. The van der Waals surface area contributed by atoms with Crippen LogP contribution < -0.4 is 5.32 Å². The summed E-state index contributed by atoms with van der Waals surface area (Å²) >= 11 is 5.71. The van der Waals surface area contributed by atoms with E-state index in [1.54, 1.807) is 0 Å². The van der Waals surface area contributed by atoms with Gasteiger partial charge < -0.3 is 5.32 Å². The van der Waals surface area contributed by atoms with Crippen LogP contribution in [0, 0.1) is 11.3 Å². The number of nitriles is 1. The van der Waals surface area contributed by atoms with Crippen molar-refractivity contribution in [1.29, 1.82) is 5.26 Å². The maximum absolute atomic E-state index is 11.8. The van der Waals surface area contributed by atoms with Crippen molar-refractivity contribution < 1.29 is 13.2 Å². The molecule has 0 bridgehead atoms. The zero-order chi connectivity index (χ0) is 12.2. The molecule has 1 aromatic carbocycles. The van der Waals surface area contributed by atoms with Crippen LogP contribution in [-0.4, -0.2) is 12.7 Å². The lowest BCUT2D eigenvalue weighted by atomic mass is 10.2. The topological polar surface area (TPSA) is 35.8 Å². The molecule has 0 aliphatic rings. The number of alkyl halides is 3. The summed E-state index contributed by atoms with van der Waals surface area (Å²) in [6.07, 6.45) is -5.09. The first-order valence-corrected chi connectivity index (χ1v) is 4.80. The lowest BCUT2D eigenvalue weighted by Crippen LogP contribution is -2.14. The van der Waals surface area contributed by atoms with E-state index in [4.69, 9.17) is 16.9 Å². The molecule has 0 aliphatic carbocycles. The number of nitrogens with one attached hydrogen (secondary N) is 1. The van der Waals surface area contributed by atoms with Crippen LogP contribution in [0.5, 0.6) is 0 Å². The van der Waals surface area contributed by atoms with Gasteiger partial charge in [0.25, 0.3) is 0 Å². The van der Waals surface area contributed by atoms with E-state index in [9.17, 15) is 13.2 Å². The molecule has 1 N–H and O–H groups in total. The highest BCUT2D eigenvalue weighted by Gasteiger charge is 2.26. The smallest absolute Gasteiger partial charge is 0.385 e. The third kappa shape index (κ3) is 3.99. The first-order valence-electron chi connectivity index (χ1n) is 4.42. The van der Waals surface area contributed by atoms with Gasteiger partial charge >= 0.3 is 6.18 Å². The number of rotatable bonds is 3. The molecule has 0 unspecified atom stereocenters. The highest BCUT2D eigenvalue weighted by atomic mass is 35.5. The quantitative estimate of drug-likeness (QED) is 0.888. The van der Waals surface area contributed by atoms with E-state index in [1.165, 1.54) is 18.2 Å². The number of halogens is 4. The SMILES string of the molecule is N#Cc1ccc(NCCC(F)(F)F)cc1Cl. The number of anilines is 1. The van der Waals surface area contributed by atoms with Gasteiger partial charge in [-0.25, -0.2) is 0 Å². The summed E-state index contributed by atoms with van der Waals surface area (Å²) in [4.78, 5) is 0. The number of hydrogen-bond donors (Lipinski definition) is 1. The monoisotopic (exact) mass is 248 g/mol. The normalized spacial score (nSPS) is 10.9. The molecule has 0 heterocycles. The van der Waals surface area contributed by atoms with Crippen LogP contribution in [-0.2, 0) is 0 Å². The fraction of sp³-hybridized carbons (Fsp3) is 0.300. The van der Waals surface area contributed by atoms with Gasteiger partial charge in [-0.3, -0.25) is 0 Å². The van der Waals surface area contributed by atoms with E-state index in [0.29, 0.717) is 11.3 Å². The summed E-state index contributed by atoms with van der Waals surface area (Å²) in [6.45, 7) is -0.217. The van der Waals surface area contributed by atoms with E-state index >= 15 is 0 Å². The minimum Gasteiger partial charge on any atom is -0.385 e. The minimum absolute atomic E-state index is 0.217. The molecule has 0 atom stereocenters. The average molecular weight is 249 g/mol. The van der Waals surface area contributed by atoms with E-state index in [0.717, 1.165) is 0 Å². The van der Waals surface area contributed by atoms with Gasteiger partial charge in [0.15, 0.2) is 0 Å². The van der Waals surface area contributed by atoms with Gasteiger partial charge in [-0.05, 0) is 18.2 Å². The standard InChI is InChI=1S/C10H8ClF3N2/c11-9-5-8(2-1-7(9)6-15)16-4-3-10(12,13)14/h1-2,5,16H,3-4H2. The predicted molar refractivity (Wildman–Crippen MR) is 55.3 cm³/mol. The molecule has 0 fully saturated rings. The molecule has 0 saturated heterocycles. The summed E-state index contributed by atoms with van der Waals surface area (Å²) in [6, 6.07) is 6.26. The molecule has 16 heavy (non-hydrogen) atoms. The molecule has 0 aromatic heterocycles. The third-order valence-electron chi connectivity index (χ3n) is 1.83. The van der Waals surface area contributed by atoms with Gasteiger partial charge in [0.05, 0.1) is 17.0 Å². The first kappa shape index (κ1) is 12.7. The van der Waals surface area contributed by atoms with Gasteiger partial charge in [0.1, 0.15) is 6.07 Å². The Morgan fingerprint density at radius 1 is 1.38 bits per heavy atom. The van der Waals surface area contributed by atoms with Crippen LogP contribution in [0.25, 0.3) is 0 Å². The lowest BCUT2D eigenvalue weighted by Gasteiger charge is -2.09. The molecule has 86 valence electrons. The molecule has 0 amide bonds. The first-order chi connectivity index (χ1) is 7.42. The molecule has 0 spiro atoms. The minimum atomic E-state index is -4.18. The van der Waals surface area contributed by atoms with Gasteiger partial charge in [-0.1, -0.05) is 11.6 Å². The zero-order valence-electron chi connectivity index (χ0n) is 8.11. The molecular weight excluding hydrogens is 241 g/mol. The second-order valence-corrected chi connectivity index (χ2v) is 3.51. The highest BCUT2D eigenvalue weighted by Crippen LogP contribution is 2.22. The molecule has 0 radical (unpaired) electrons. The van der Waals surface area contributed by atoms with Crippen LogP contribution in [0.2, 0.25) is 5.02 Å². The van der Waals surface area contributed by atoms with Gasteiger partial charge in [0, 0.05) is 12.2 Å². The Kier molecular flexibility index (Phi) is 4.02. The summed E-state index contributed by atoms with van der Waals surface area (Å²) in [5, 5.41) is 11.4. The van der Waals surface area contributed by atoms with E-state index in [1.807, 2.05) is 6.07 Å². The highest BCUT2D eigenvalue weighted by molar-refractivity contribution is 6.32. The summed E-state index contributed by atoms with van der Waals surface area (Å²) in [5.74, 6) is 0. The Labute approximate surface area is 95.6 Å². The maximum atomic E-state index is 11.8. The Balaban J connectivity index is 2.57. The zero-order valence-corrected chi connectivity index (χ0v) is 8.86. The van der Waals surface area contributed by atoms with E-state index in [2.05, 4.69) is 5.32 Å². The van der Waals surface area contributed by atoms with Crippen molar-refractivity contribution in [3.8, 4) is 6.07 Å². The van der Waals surface area contributed by atoms with Crippen molar-refractivity contribution in [2.24, 2.45) is 0 Å². The van der Waals surface area contributed by atoms with Crippen LogP contribution in [0.15, 0.2) is 18.2 Å². The second kappa shape index (κ2) is 5.08. The lowest BCUT2D eigenvalue weighted by molar-refractivity contribution is -0.131. The largest absolute Gasteiger partial charge is 0.390 e. The Morgan fingerprint density at radius 3 is 2.56 bits per heavy atom. The van der Waals surface area contributed by atoms with Gasteiger partial charge in [-0.2, -0.15) is 18.4 Å². The molecule has 2 nitrogen and oxygen atoms in total. The second-order valence-electron chi connectivity index (χ2n) is 3.10. The van der Waals surface area contributed by atoms with Crippen molar-refractivity contribution in [3.05, 3.63) is 28.8 Å². The van der Waals surface area contributed by atoms with Crippen LogP contribution in [0.4, 0.5) is 18.9 Å². The molecule has 0 aliphatic heterocycles. The molecule has 1 rings (SSSR count). The van der Waals surface area contributed by atoms with Crippen LogP contribution in [0.3, 0.4) is 0 Å². The van der Waals surface area contributed by atoms with Crippen molar-refractivity contribution in [2.45, 2.75) is 12.6 Å². The summed E-state index contributed by atoms with van der Waals surface area (Å²) in [7, 11) is 0. The number of hydrogen-bond acceptors (Lipinski definition) is 2. The summed E-state index contributed by atoms with van der Waals surface area (Å²) < 4.78 is 35.5. The van der Waals surface area contributed by atoms with Crippen molar-refractivity contribution in [2.75, 3.05) is 11.9 Å². The molecular formula is C10H8ClF3N2. The number of nitrogens with zero attached hydrogens (tertiary/aromatic N) is 1. The molecule has 1 aromatic rings. The Bertz CT molecular complexity index is 410. The Hall–Kier alpha value is -1.41. The third-order valence-corrected chi connectivity index (χ3v) is 2.14. The molecule has 0 saturated carbocycles. The number of benzene rings is 1. The van der Waals surface area contributed by atoms with Gasteiger partial charge in [0.2, 0.25) is 0 Å². The summed E-state index contributed by atoms with van der Waals surface area (Å²) in [5.41, 5.74) is 0.760. The Morgan fingerprint density at radius 2 is 2.06 bits per heavy atom. The predicted octanol–water partition coefficient (Wildman–Crippen LogP) is 3.58. The van der Waals surface area contributed by atoms with Crippen LogP contribution >= 0.6 is 11.6 Å². The van der Waals surface area contributed by atoms with E-state index in [-0.39, 0.29) is 11.6 Å².